The smallest absolute Gasteiger partial charge is 0.243 e. The van der Waals surface area contributed by atoms with Gasteiger partial charge in [-0.1, -0.05) is 43.3 Å². The monoisotopic (exact) mass is 359 g/mol. The van der Waals surface area contributed by atoms with Crippen LogP contribution in [0.3, 0.4) is 0 Å². The molecule has 4 aromatic rings. The van der Waals surface area contributed by atoms with Gasteiger partial charge in [0.1, 0.15) is 5.58 Å². The number of benzene rings is 2. The first kappa shape index (κ1) is 17.1. The number of rotatable bonds is 5. The van der Waals surface area contributed by atoms with Crippen LogP contribution < -0.4 is 10.2 Å². The van der Waals surface area contributed by atoms with Crippen molar-refractivity contribution in [2.45, 2.75) is 13.3 Å². The fraction of sp³-hybridized carbons (Fsp3) is 0.182. The number of nitrogens with zero attached hydrogens (tertiary/aromatic N) is 2. The van der Waals surface area contributed by atoms with Gasteiger partial charge in [-0.3, -0.25) is 4.79 Å². The number of furan rings is 1. The molecule has 1 amide bonds. The molecule has 5 nitrogen and oxygen atoms in total. The zero-order valence-electron chi connectivity index (χ0n) is 15.4. The summed E-state index contributed by atoms with van der Waals surface area (Å²) in [5, 5.41) is 5.04. The van der Waals surface area contributed by atoms with Crippen LogP contribution in [-0.4, -0.2) is 24.5 Å². The highest BCUT2D eigenvalue weighted by molar-refractivity contribution is 6.08. The third-order valence-electron chi connectivity index (χ3n) is 4.69. The predicted molar refractivity (Wildman–Crippen MR) is 109 cm³/mol. The van der Waals surface area contributed by atoms with Gasteiger partial charge >= 0.3 is 0 Å². The average Bonchev–Trinajstić information content (AvgIpc) is 3.07. The SMILES string of the molecule is CCc1ccccc1NC(=O)CN(C)c1nccc2c1oc1ccccc12. The molecule has 4 rings (SSSR count). The molecule has 0 bridgehead atoms. The number of amides is 1. The first-order chi connectivity index (χ1) is 13.2. The second kappa shape index (κ2) is 7.11. The quantitative estimate of drug-likeness (QED) is 0.565. The van der Waals surface area contributed by atoms with E-state index in [9.17, 15) is 4.79 Å². The number of carbonyl (C=O) groups excluding carboxylic acids is 1. The Balaban J connectivity index is 1.59. The minimum Gasteiger partial charge on any atom is -0.452 e. The average molecular weight is 359 g/mol. The van der Waals surface area contributed by atoms with Crippen LogP contribution in [0.4, 0.5) is 11.5 Å². The first-order valence-corrected chi connectivity index (χ1v) is 9.02. The molecule has 2 aromatic heterocycles. The van der Waals surface area contributed by atoms with Crippen molar-refractivity contribution in [3.05, 3.63) is 66.4 Å². The van der Waals surface area contributed by atoms with Gasteiger partial charge in [0.2, 0.25) is 5.91 Å². The molecule has 0 aliphatic carbocycles. The van der Waals surface area contributed by atoms with Gasteiger partial charge in [0.25, 0.3) is 0 Å². The van der Waals surface area contributed by atoms with Crippen LogP contribution in [0.1, 0.15) is 12.5 Å². The van der Waals surface area contributed by atoms with Crippen LogP contribution in [0.15, 0.2) is 65.2 Å². The van der Waals surface area contributed by atoms with Gasteiger partial charge in [-0.2, -0.15) is 0 Å². The van der Waals surface area contributed by atoms with Crippen molar-refractivity contribution in [3.8, 4) is 0 Å². The van der Waals surface area contributed by atoms with Crippen LogP contribution in [-0.2, 0) is 11.2 Å². The minimum atomic E-state index is -0.0895. The van der Waals surface area contributed by atoms with Gasteiger partial charge in [-0.05, 0) is 30.2 Å². The summed E-state index contributed by atoms with van der Waals surface area (Å²) in [4.78, 5) is 18.8. The zero-order valence-corrected chi connectivity index (χ0v) is 15.4. The van der Waals surface area contributed by atoms with E-state index in [2.05, 4.69) is 17.2 Å². The molecule has 0 unspecified atom stereocenters. The van der Waals surface area contributed by atoms with E-state index in [-0.39, 0.29) is 12.5 Å². The topological polar surface area (TPSA) is 58.4 Å². The van der Waals surface area contributed by atoms with Gasteiger partial charge < -0.3 is 14.6 Å². The maximum Gasteiger partial charge on any atom is 0.243 e. The van der Waals surface area contributed by atoms with E-state index in [4.69, 9.17) is 4.42 Å². The lowest BCUT2D eigenvalue weighted by molar-refractivity contribution is -0.114. The number of aryl methyl sites for hydroxylation is 1. The van der Waals surface area contributed by atoms with Crippen molar-refractivity contribution >= 4 is 39.4 Å². The van der Waals surface area contributed by atoms with Crippen molar-refractivity contribution in [2.24, 2.45) is 0 Å². The van der Waals surface area contributed by atoms with Crippen LogP contribution >= 0.6 is 0 Å². The zero-order chi connectivity index (χ0) is 18.8. The molecule has 2 aromatic carbocycles. The number of hydrogen-bond donors (Lipinski definition) is 1. The number of anilines is 2. The molecule has 0 atom stereocenters. The Kier molecular flexibility index (Phi) is 4.50. The number of fused-ring (bicyclic) bond motifs is 3. The van der Waals surface area contributed by atoms with Crippen LogP contribution in [0.5, 0.6) is 0 Å². The molecule has 136 valence electrons. The highest BCUT2D eigenvalue weighted by Crippen LogP contribution is 2.33. The van der Waals surface area contributed by atoms with Crippen molar-refractivity contribution in [1.29, 1.82) is 0 Å². The summed E-state index contributed by atoms with van der Waals surface area (Å²) < 4.78 is 6.01. The van der Waals surface area contributed by atoms with Crippen LogP contribution in [0, 0.1) is 0 Å². The second-order valence-corrected chi connectivity index (χ2v) is 6.52. The fourth-order valence-electron chi connectivity index (χ4n) is 3.34. The Morgan fingerprint density at radius 1 is 1.07 bits per heavy atom. The number of carbonyl (C=O) groups is 1. The van der Waals surface area contributed by atoms with Gasteiger partial charge in [0.05, 0.1) is 6.54 Å². The molecule has 0 spiro atoms. The minimum absolute atomic E-state index is 0.0895. The Labute approximate surface area is 157 Å². The maximum absolute atomic E-state index is 12.6. The van der Waals surface area contributed by atoms with E-state index >= 15 is 0 Å². The number of nitrogens with one attached hydrogen (secondary N) is 1. The molecular weight excluding hydrogens is 338 g/mol. The number of hydrogen-bond acceptors (Lipinski definition) is 4. The lowest BCUT2D eigenvalue weighted by Crippen LogP contribution is -2.30. The third kappa shape index (κ3) is 3.24. The highest BCUT2D eigenvalue weighted by Gasteiger charge is 2.17. The fourth-order valence-corrected chi connectivity index (χ4v) is 3.34. The number of likely N-dealkylation sites (N-methyl/N-ethyl adjacent to an activating group) is 1. The Bertz CT molecular complexity index is 1120. The van der Waals surface area contributed by atoms with E-state index in [1.165, 1.54) is 0 Å². The van der Waals surface area contributed by atoms with Crippen LogP contribution in [0.2, 0.25) is 0 Å². The molecule has 27 heavy (non-hydrogen) atoms. The lowest BCUT2D eigenvalue weighted by atomic mass is 10.1. The molecule has 0 fully saturated rings. The number of pyridine rings is 1. The van der Waals surface area contributed by atoms with Crippen molar-refractivity contribution in [1.82, 2.24) is 4.98 Å². The van der Waals surface area contributed by atoms with Gasteiger partial charge in [0.15, 0.2) is 11.4 Å². The molecule has 0 aliphatic rings. The summed E-state index contributed by atoms with van der Waals surface area (Å²) in [6.07, 6.45) is 2.62. The normalized spacial score (nSPS) is 11.0. The molecule has 5 heteroatoms. The second-order valence-electron chi connectivity index (χ2n) is 6.52. The van der Waals surface area contributed by atoms with E-state index in [1.54, 1.807) is 6.20 Å². The highest BCUT2D eigenvalue weighted by atomic mass is 16.3. The van der Waals surface area contributed by atoms with E-state index in [1.807, 2.05) is 66.5 Å². The van der Waals surface area contributed by atoms with Gasteiger partial charge in [-0.25, -0.2) is 4.98 Å². The largest absolute Gasteiger partial charge is 0.452 e. The lowest BCUT2D eigenvalue weighted by Gasteiger charge is -2.18. The van der Waals surface area contributed by atoms with E-state index < -0.39 is 0 Å². The third-order valence-corrected chi connectivity index (χ3v) is 4.69. The molecule has 0 aliphatic heterocycles. The Morgan fingerprint density at radius 3 is 2.70 bits per heavy atom. The van der Waals surface area contributed by atoms with Crippen molar-refractivity contribution < 1.29 is 9.21 Å². The van der Waals surface area contributed by atoms with Gasteiger partial charge in [-0.15, -0.1) is 0 Å². The molecular formula is C22H21N3O2. The number of aromatic nitrogens is 1. The standard InChI is InChI=1S/C22H21N3O2/c1-3-15-8-4-6-10-18(15)24-20(26)14-25(2)22-21-17(12-13-23-22)16-9-5-7-11-19(16)27-21/h4-13H,3,14H2,1-2H3,(H,24,26). The first-order valence-electron chi connectivity index (χ1n) is 9.02. The molecule has 0 saturated carbocycles. The molecule has 0 saturated heterocycles. The summed E-state index contributed by atoms with van der Waals surface area (Å²) in [6, 6.07) is 17.7. The van der Waals surface area contributed by atoms with E-state index in [0.29, 0.717) is 11.4 Å². The number of para-hydroxylation sites is 2. The van der Waals surface area contributed by atoms with Gasteiger partial charge in [0, 0.05) is 29.7 Å². The maximum atomic E-state index is 12.6. The summed E-state index contributed by atoms with van der Waals surface area (Å²) >= 11 is 0. The Morgan fingerprint density at radius 2 is 1.85 bits per heavy atom. The summed E-state index contributed by atoms with van der Waals surface area (Å²) in [6.45, 7) is 2.25. The van der Waals surface area contributed by atoms with Crippen molar-refractivity contribution in [3.63, 3.8) is 0 Å². The summed E-state index contributed by atoms with van der Waals surface area (Å²) in [5.41, 5.74) is 3.48. The summed E-state index contributed by atoms with van der Waals surface area (Å²) in [5.74, 6) is 0.566. The summed E-state index contributed by atoms with van der Waals surface area (Å²) in [7, 11) is 1.85. The van der Waals surface area contributed by atoms with Crippen molar-refractivity contribution in [2.75, 3.05) is 23.8 Å². The Hall–Kier alpha value is -3.34. The van der Waals surface area contributed by atoms with E-state index in [0.717, 1.165) is 34.0 Å². The molecule has 2 heterocycles. The molecule has 1 N–H and O–H groups in total. The predicted octanol–water partition coefficient (Wildman–Crippen LogP) is 4.62. The van der Waals surface area contributed by atoms with Crippen LogP contribution in [0.25, 0.3) is 21.9 Å². The molecule has 0 radical (unpaired) electrons.